The van der Waals surface area contributed by atoms with Gasteiger partial charge in [-0.25, -0.2) is 0 Å². The summed E-state index contributed by atoms with van der Waals surface area (Å²) in [4.78, 5) is 21.9. The molecule has 0 saturated heterocycles. The van der Waals surface area contributed by atoms with Gasteiger partial charge in [0.15, 0.2) is 0 Å². The molecular formula is C17H16N2O6. The lowest BCUT2D eigenvalue weighted by atomic mass is 9.99. The summed E-state index contributed by atoms with van der Waals surface area (Å²) in [6, 6.07) is 8.76. The average Bonchev–Trinajstić information content (AvgIpc) is 2.58. The van der Waals surface area contributed by atoms with Gasteiger partial charge in [0.2, 0.25) is 0 Å². The second-order valence-electron chi connectivity index (χ2n) is 5.91. The van der Waals surface area contributed by atoms with Crippen molar-refractivity contribution in [1.29, 1.82) is 0 Å². The second-order valence-corrected chi connectivity index (χ2v) is 5.91. The number of benzene rings is 2. The summed E-state index contributed by atoms with van der Waals surface area (Å²) in [5.74, 6) is 0.463. The van der Waals surface area contributed by atoms with Crippen LogP contribution < -0.4 is 9.47 Å². The third-order valence-electron chi connectivity index (χ3n) is 3.97. The Morgan fingerprint density at radius 1 is 0.840 bits per heavy atom. The highest BCUT2D eigenvalue weighted by atomic mass is 16.6. The first-order valence-electron chi connectivity index (χ1n) is 7.77. The Hall–Kier alpha value is -3.16. The summed E-state index contributed by atoms with van der Waals surface area (Å²) in [7, 11) is 0. The molecule has 2 aromatic carbocycles. The van der Waals surface area contributed by atoms with E-state index in [9.17, 15) is 20.2 Å². The SMILES string of the molecule is CC1CC(C)Oc2cccc([N+](=O)[O-])c2-c2c(cccc2[N+](=O)[O-])O1. The van der Waals surface area contributed by atoms with Crippen LogP contribution in [-0.2, 0) is 0 Å². The largest absolute Gasteiger partial charge is 0.490 e. The normalized spacial score (nSPS) is 19.1. The molecule has 8 nitrogen and oxygen atoms in total. The predicted octanol–water partition coefficient (Wildman–Crippen LogP) is 4.11. The molecule has 1 heterocycles. The summed E-state index contributed by atoms with van der Waals surface area (Å²) in [5.41, 5.74) is -0.400. The fourth-order valence-electron chi connectivity index (χ4n) is 3.04. The molecular weight excluding hydrogens is 328 g/mol. The third-order valence-corrected chi connectivity index (χ3v) is 3.97. The summed E-state index contributed by atoms with van der Waals surface area (Å²) < 4.78 is 11.7. The van der Waals surface area contributed by atoms with Gasteiger partial charge in [-0.2, -0.15) is 0 Å². The van der Waals surface area contributed by atoms with Crippen molar-refractivity contribution >= 4 is 11.4 Å². The maximum absolute atomic E-state index is 11.5. The summed E-state index contributed by atoms with van der Waals surface area (Å²) in [5, 5.41) is 23.1. The van der Waals surface area contributed by atoms with Crippen LogP contribution in [-0.4, -0.2) is 22.1 Å². The maximum atomic E-state index is 11.5. The standard InChI is InChI=1S/C17H16N2O6/c1-10-9-11(2)25-15-8-4-6-13(19(22)23)17(15)16-12(18(20)21)5-3-7-14(16)24-10/h3-8,10-11H,9H2,1-2H3. The van der Waals surface area contributed by atoms with Crippen molar-refractivity contribution in [2.24, 2.45) is 0 Å². The van der Waals surface area contributed by atoms with E-state index >= 15 is 0 Å². The Bertz CT molecular complexity index is 782. The quantitative estimate of drug-likeness (QED) is 0.600. The molecule has 25 heavy (non-hydrogen) atoms. The van der Waals surface area contributed by atoms with Crippen molar-refractivity contribution < 1.29 is 19.3 Å². The van der Waals surface area contributed by atoms with Crippen LogP contribution >= 0.6 is 0 Å². The minimum atomic E-state index is -0.575. The molecule has 0 aromatic heterocycles. The Morgan fingerprint density at radius 2 is 1.24 bits per heavy atom. The van der Waals surface area contributed by atoms with Crippen molar-refractivity contribution in [1.82, 2.24) is 0 Å². The number of nitrogens with zero attached hydrogens (tertiary/aromatic N) is 2. The fourth-order valence-corrected chi connectivity index (χ4v) is 3.04. The molecule has 0 saturated carbocycles. The number of rotatable bonds is 2. The van der Waals surface area contributed by atoms with Gasteiger partial charge in [-0.05, 0) is 26.0 Å². The molecule has 0 spiro atoms. The number of ether oxygens (including phenoxy) is 2. The first kappa shape index (κ1) is 16.7. The van der Waals surface area contributed by atoms with Crippen LogP contribution in [0.2, 0.25) is 0 Å². The predicted molar refractivity (Wildman–Crippen MR) is 90.0 cm³/mol. The third kappa shape index (κ3) is 3.10. The van der Waals surface area contributed by atoms with Gasteiger partial charge in [0.25, 0.3) is 11.4 Å². The van der Waals surface area contributed by atoms with E-state index in [0.29, 0.717) is 6.42 Å². The molecule has 3 rings (SSSR count). The van der Waals surface area contributed by atoms with Gasteiger partial charge in [-0.3, -0.25) is 20.2 Å². The number of hydrogen-bond acceptors (Lipinski definition) is 6. The fraction of sp³-hybridized carbons (Fsp3) is 0.294. The van der Waals surface area contributed by atoms with Crippen LogP contribution in [0.15, 0.2) is 36.4 Å². The molecule has 0 fully saturated rings. The molecule has 0 N–H and O–H groups in total. The van der Waals surface area contributed by atoms with Gasteiger partial charge < -0.3 is 9.47 Å². The van der Waals surface area contributed by atoms with E-state index in [1.165, 1.54) is 24.3 Å². The average molecular weight is 344 g/mol. The van der Waals surface area contributed by atoms with E-state index in [-0.39, 0.29) is 46.2 Å². The van der Waals surface area contributed by atoms with E-state index in [4.69, 9.17) is 9.47 Å². The van der Waals surface area contributed by atoms with E-state index in [2.05, 4.69) is 0 Å². The summed E-state index contributed by atoms with van der Waals surface area (Å²) in [6.07, 6.45) is -0.0159. The Labute approximate surface area is 143 Å². The van der Waals surface area contributed by atoms with Crippen molar-refractivity contribution in [2.75, 3.05) is 0 Å². The molecule has 1 aliphatic rings. The van der Waals surface area contributed by atoms with Crippen molar-refractivity contribution in [3.63, 3.8) is 0 Å². The van der Waals surface area contributed by atoms with Crippen LogP contribution in [0, 0.1) is 20.2 Å². The highest BCUT2D eigenvalue weighted by Gasteiger charge is 2.32. The molecule has 2 aromatic rings. The van der Waals surface area contributed by atoms with E-state index in [0.717, 1.165) is 0 Å². The van der Waals surface area contributed by atoms with Gasteiger partial charge in [0.05, 0.1) is 22.1 Å². The lowest BCUT2D eigenvalue weighted by molar-refractivity contribution is -0.386. The molecule has 1 aliphatic heterocycles. The summed E-state index contributed by atoms with van der Waals surface area (Å²) in [6.45, 7) is 3.65. The van der Waals surface area contributed by atoms with Crippen molar-refractivity contribution in [2.45, 2.75) is 32.5 Å². The Balaban J connectivity index is 2.40. The van der Waals surface area contributed by atoms with Crippen molar-refractivity contribution in [3.05, 3.63) is 56.6 Å². The molecule has 0 aliphatic carbocycles. The number of fused-ring (bicyclic) bond motifs is 3. The van der Waals surface area contributed by atoms with Gasteiger partial charge in [-0.15, -0.1) is 0 Å². The number of nitro groups is 2. The van der Waals surface area contributed by atoms with Gasteiger partial charge in [0.1, 0.15) is 22.6 Å². The molecule has 0 bridgehead atoms. The van der Waals surface area contributed by atoms with E-state index in [1.807, 2.05) is 13.8 Å². The van der Waals surface area contributed by atoms with Gasteiger partial charge in [0, 0.05) is 18.6 Å². The van der Waals surface area contributed by atoms with E-state index in [1.54, 1.807) is 12.1 Å². The Kier molecular flexibility index (Phi) is 4.26. The maximum Gasteiger partial charge on any atom is 0.281 e. The summed E-state index contributed by atoms with van der Waals surface area (Å²) >= 11 is 0. The molecule has 0 amide bonds. The highest BCUT2D eigenvalue weighted by Crippen LogP contribution is 2.48. The first-order chi connectivity index (χ1) is 11.9. The number of hydrogen-bond donors (Lipinski definition) is 0. The van der Waals surface area contributed by atoms with Crippen LogP contribution in [0.1, 0.15) is 20.3 Å². The second kappa shape index (κ2) is 6.39. The molecule has 8 heteroatoms. The minimum Gasteiger partial charge on any atom is -0.490 e. The zero-order valence-corrected chi connectivity index (χ0v) is 13.7. The zero-order valence-electron chi connectivity index (χ0n) is 13.7. The first-order valence-corrected chi connectivity index (χ1v) is 7.77. The van der Waals surface area contributed by atoms with Crippen molar-refractivity contribution in [3.8, 4) is 22.6 Å². The molecule has 2 atom stereocenters. The molecule has 0 radical (unpaired) electrons. The number of nitro benzene ring substituents is 2. The topological polar surface area (TPSA) is 105 Å². The van der Waals surface area contributed by atoms with Crippen LogP contribution in [0.3, 0.4) is 0 Å². The van der Waals surface area contributed by atoms with Gasteiger partial charge in [-0.1, -0.05) is 12.1 Å². The van der Waals surface area contributed by atoms with E-state index < -0.39 is 9.85 Å². The minimum absolute atomic E-state index is 0.0655. The monoisotopic (exact) mass is 344 g/mol. The van der Waals surface area contributed by atoms with Crippen LogP contribution in [0.5, 0.6) is 11.5 Å². The Morgan fingerprint density at radius 3 is 1.60 bits per heavy atom. The zero-order chi connectivity index (χ0) is 18.1. The lowest BCUT2D eigenvalue weighted by Crippen LogP contribution is -2.22. The lowest BCUT2D eigenvalue weighted by Gasteiger charge is -2.18. The smallest absolute Gasteiger partial charge is 0.281 e. The molecule has 2 unspecified atom stereocenters. The van der Waals surface area contributed by atoms with Crippen LogP contribution in [0.25, 0.3) is 11.1 Å². The highest BCUT2D eigenvalue weighted by molar-refractivity contribution is 5.89. The van der Waals surface area contributed by atoms with Crippen LogP contribution in [0.4, 0.5) is 11.4 Å². The molecule has 130 valence electrons. The van der Waals surface area contributed by atoms with Gasteiger partial charge >= 0.3 is 0 Å².